The molecule has 0 saturated carbocycles. The number of hydrogen-bond acceptors (Lipinski definition) is 3. The second-order valence-electron chi connectivity index (χ2n) is 5.38. The molecule has 1 aromatic carbocycles. The molecule has 0 saturated heterocycles. The molecule has 116 valence electrons. The van der Waals surface area contributed by atoms with Crippen molar-refractivity contribution in [1.29, 1.82) is 0 Å². The van der Waals surface area contributed by atoms with E-state index in [0.29, 0.717) is 5.69 Å². The molecule has 0 aliphatic heterocycles. The Hall–Kier alpha value is -2.36. The van der Waals surface area contributed by atoms with Gasteiger partial charge in [-0.05, 0) is 30.7 Å². The van der Waals surface area contributed by atoms with Crippen LogP contribution >= 0.6 is 0 Å². The number of pyridine rings is 1. The third-order valence-electron chi connectivity index (χ3n) is 3.70. The van der Waals surface area contributed by atoms with Gasteiger partial charge in [0.1, 0.15) is 5.69 Å². The molecule has 4 heteroatoms. The minimum absolute atomic E-state index is 0.103. The summed E-state index contributed by atoms with van der Waals surface area (Å²) in [5.41, 5.74) is 2.35. The lowest BCUT2D eigenvalue weighted by atomic mass is 10.2. The zero-order chi connectivity index (χ0) is 15.9. The van der Waals surface area contributed by atoms with E-state index in [0.717, 1.165) is 30.8 Å². The van der Waals surface area contributed by atoms with Crippen molar-refractivity contribution in [2.24, 2.45) is 0 Å². The molecule has 2 rings (SSSR count). The van der Waals surface area contributed by atoms with Crippen molar-refractivity contribution in [2.75, 3.05) is 30.4 Å². The summed E-state index contributed by atoms with van der Waals surface area (Å²) < 4.78 is 0. The molecular weight excluding hydrogens is 274 g/mol. The van der Waals surface area contributed by atoms with E-state index < -0.39 is 0 Å². The van der Waals surface area contributed by atoms with Crippen LogP contribution in [0.25, 0.3) is 0 Å². The van der Waals surface area contributed by atoms with Gasteiger partial charge in [-0.25, -0.2) is 4.98 Å². The van der Waals surface area contributed by atoms with E-state index in [4.69, 9.17) is 0 Å². The second kappa shape index (κ2) is 7.59. The molecule has 4 nitrogen and oxygen atoms in total. The molecule has 22 heavy (non-hydrogen) atoms. The predicted molar refractivity (Wildman–Crippen MR) is 91.6 cm³/mol. The maximum atomic E-state index is 12.4. The zero-order valence-electron chi connectivity index (χ0n) is 13.5. The number of carbonyl (C=O) groups excluding carboxylic acids is 1. The predicted octanol–water partition coefficient (Wildman–Crippen LogP) is 3.59. The van der Waals surface area contributed by atoms with Crippen LogP contribution in [-0.2, 0) is 0 Å². The molecule has 0 fully saturated rings. The summed E-state index contributed by atoms with van der Waals surface area (Å²) in [4.78, 5) is 20.5. The van der Waals surface area contributed by atoms with Gasteiger partial charge < -0.3 is 9.80 Å². The third-order valence-corrected chi connectivity index (χ3v) is 3.70. The van der Waals surface area contributed by atoms with Gasteiger partial charge in [0.2, 0.25) is 0 Å². The standard InChI is InChI=1S/C18H23N3O/c1-4-5-13-20(2)16-11-12-17(19-14-16)18(22)21(3)15-9-7-6-8-10-15/h6-12,14H,4-5,13H2,1-3H3. The van der Waals surface area contributed by atoms with Crippen LogP contribution < -0.4 is 9.80 Å². The summed E-state index contributed by atoms with van der Waals surface area (Å²) in [5, 5.41) is 0. The maximum absolute atomic E-state index is 12.4. The quantitative estimate of drug-likeness (QED) is 0.817. The highest BCUT2D eigenvalue weighted by Gasteiger charge is 2.14. The van der Waals surface area contributed by atoms with Crippen LogP contribution in [-0.4, -0.2) is 31.5 Å². The van der Waals surface area contributed by atoms with Crippen LogP contribution in [0.3, 0.4) is 0 Å². The Labute approximate surface area is 132 Å². The van der Waals surface area contributed by atoms with E-state index in [9.17, 15) is 4.79 Å². The Morgan fingerprint density at radius 3 is 2.36 bits per heavy atom. The monoisotopic (exact) mass is 297 g/mol. The van der Waals surface area contributed by atoms with Crippen LogP contribution in [0, 0.1) is 0 Å². The molecule has 1 heterocycles. The first-order valence-electron chi connectivity index (χ1n) is 7.63. The van der Waals surface area contributed by atoms with Crippen LogP contribution in [0.1, 0.15) is 30.3 Å². The number of anilines is 2. The summed E-state index contributed by atoms with van der Waals surface area (Å²) in [6.45, 7) is 3.17. The summed E-state index contributed by atoms with van der Waals surface area (Å²) in [6.07, 6.45) is 4.08. The molecule has 0 radical (unpaired) electrons. The van der Waals surface area contributed by atoms with Gasteiger partial charge in [0.15, 0.2) is 0 Å². The summed E-state index contributed by atoms with van der Waals surface area (Å²) in [5.74, 6) is -0.103. The number of amides is 1. The van der Waals surface area contributed by atoms with Gasteiger partial charge in [-0.2, -0.15) is 0 Å². The van der Waals surface area contributed by atoms with E-state index >= 15 is 0 Å². The highest BCUT2D eigenvalue weighted by Crippen LogP contribution is 2.16. The first kappa shape index (κ1) is 16.0. The summed E-state index contributed by atoms with van der Waals surface area (Å²) in [7, 11) is 3.81. The minimum atomic E-state index is -0.103. The molecule has 0 unspecified atom stereocenters. The van der Waals surface area contributed by atoms with Gasteiger partial charge in [0.05, 0.1) is 11.9 Å². The highest BCUT2D eigenvalue weighted by atomic mass is 16.2. The Kier molecular flexibility index (Phi) is 5.53. The molecule has 1 aromatic heterocycles. The van der Waals surface area contributed by atoms with Gasteiger partial charge in [0.25, 0.3) is 5.91 Å². The fraction of sp³-hybridized carbons (Fsp3) is 0.333. The van der Waals surface area contributed by atoms with Crippen molar-refractivity contribution in [2.45, 2.75) is 19.8 Å². The summed E-state index contributed by atoms with van der Waals surface area (Å²) >= 11 is 0. The number of unbranched alkanes of at least 4 members (excludes halogenated alkanes) is 1. The molecule has 1 amide bonds. The average molecular weight is 297 g/mol. The number of hydrogen-bond donors (Lipinski definition) is 0. The van der Waals surface area contributed by atoms with Crippen molar-refractivity contribution in [1.82, 2.24) is 4.98 Å². The van der Waals surface area contributed by atoms with E-state index in [1.54, 1.807) is 24.2 Å². The van der Waals surface area contributed by atoms with Crippen molar-refractivity contribution >= 4 is 17.3 Å². The topological polar surface area (TPSA) is 36.4 Å². The zero-order valence-corrected chi connectivity index (χ0v) is 13.5. The van der Waals surface area contributed by atoms with Crippen molar-refractivity contribution in [3.05, 3.63) is 54.4 Å². The van der Waals surface area contributed by atoms with Crippen LogP contribution in [0.5, 0.6) is 0 Å². The van der Waals surface area contributed by atoms with Crippen molar-refractivity contribution in [3.63, 3.8) is 0 Å². The van der Waals surface area contributed by atoms with E-state index in [1.807, 2.05) is 43.4 Å². The van der Waals surface area contributed by atoms with Gasteiger partial charge in [-0.3, -0.25) is 4.79 Å². The van der Waals surface area contributed by atoms with Gasteiger partial charge >= 0.3 is 0 Å². The number of para-hydroxylation sites is 1. The number of rotatable bonds is 6. The van der Waals surface area contributed by atoms with Crippen LogP contribution in [0.4, 0.5) is 11.4 Å². The molecular formula is C18H23N3O. The van der Waals surface area contributed by atoms with E-state index in [1.165, 1.54) is 0 Å². The SMILES string of the molecule is CCCCN(C)c1ccc(C(=O)N(C)c2ccccc2)nc1. The number of nitrogens with zero attached hydrogens (tertiary/aromatic N) is 3. The number of benzene rings is 1. The molecule has 0 aliphatic rings. The first-order chi connectivity index (χ1) is 10.6. The second-order valence-corrected chi connectivity index (χ2v) is 5.38. The molecule has 0 atom stereocenters. The first-order valence-corrected chi connectivity index (χ1v) is 7.63. The Bertz CT molecular complexity index is 595. The number of aromatic nitrogens is 1. The van der Waals surface area contributed by atoms with Crippen molar-refractivity contribution in [3.8, 4) is 0 Å². The fourth-order valence-corrected chi connectivity index (χ4v) is 2.20. The van der Waals surface area contributed by atoms with Gasteiger partial charge in [-0.15, -0.1) is 0 Å². The lowest BCUT2D eigenvalue weighted by Crippen LogP contribution is -2.27. The highest BCUT2D eigenvalue weighted by molar-refractivity contribution is 6.04. The van der Waals surface area contributed by atoms with E-state index in [-0.39, 0.29) is 5.91 Å². The van der Waals surface area contributed by atoms with Crippen LogP contribution in [0.2, 0.25) is 0 Å². The molecule has 0 spiro atoms. The smallest absolute Gasteiger partial charge is 0.276 e. The van der Waals surface area contributed by atoms with Gasteiger partial charge in [0, 0.05) is 26.3 Å². The molecule has 0 N–H and O–H groups in total. The minimum Gasteiger partial charge on any atom is -0.373 e. The van der Waals surface area contributed by atoms with Crippen LogP contribution in [0.15, 0.2) is 48.7 Å². The number of carbonyl (C=O) groups is 1. The van der Waals surface area contributed by atoms with Gasteiger partial charge in [-0.1, -0.05) is 31.5 Å². The van der Waals surface area contributed by atoms with E-state index in [2.05, 4.69) is 16.8 Å². The summed E-state index contributed by atoms with van der Waals surface area (Å²) in [6, 6.07) is 13.3. The largest absolute Gasteiger partial charge is 0.373 e. The lowest BCUT2D eigenvalue weighted by molar-refractivity contribution is 0.0988. The Morgan fingerprint density at radius 2 is 1.77 bits per heavy atom. The Balaban J connectivity index is 2.08. The maximum Gasteiger partial charge on any atom is 0.276 e. The van der Waals surface area contributed by atoms with Crippen molar-refractivity contribution < 1.29 is 4.79 Å². The lowest BCUT2D eigenvalue weighted by Gasteiger charge is -2.20. The normalized spacial score (nSPS) is 10.3. The fourth-order valence-electron chi connectivity index (χ4n) is 2.20. The molecule has 0 bridgehead atoms. The third kappa shape index (κ3) is 3.85. The molecule has 2 aromatic rings. The Morgan fingerprint density at radius 1 is 1.05 bits per heavy atom. The average Bonchev–Trinajstić information content (AvgIpc) is 2.59. The molecule has 0 aliphatic carbocycles.